The van der Waals surface area contributed by atoms with Crippen LogP contribution in [0, 0.1) is 0 Å². The molecule has 1 N–H and O–H groups in total. The van der Waals surface area contributed by atoms with Crippen molar-refractivity contribution >= 4 is 23.3 Å². The molecule has 0 saturated carbocycles. The highest BCUT2D eigenvalue weighted by Gasteiger charge is 2.24. The van der Waals surface area contributed by atoms with Crippen LogP contribution in [0.3, 0.4) is 0 Å². The van der Waals surface area contributed by atoms with E-state index in [1.54, 1.807) is 50.2 Å². The van der Waals surface area contributed by atoms with Crippen LogP contribution in [0.1, 0.15) is 51.2 Å². The summed E-state index contributed by atoms with van der Waals surface area (Å²) in [5.74, 6) is 0. The van der Waals surface area contributed by atoms with Gasteiger partial charge in [0.1, 0.15) is 0 Å². The van der Waals surface area contributed by atoms with Gasteiger partial charge in [-0.3, -0.25) is 9.29 Å². The minimum absolute atomic E-state index is 0.140. The Morgan fingerprint density at radius 3 is 1.93 bits per heavy atom. The van der Waals surface area contributed by atoms with Gasteiger partial charge in [0, 0.05) is 5.69 Å². The van der Waals surface area contributed by atoms with Gasteiger partial charge in [-0.25, -0.2) is 8.42 Å². The summed E-state index contributed by atoms with van der Waals surface area (Å²) in [4.78, 5) is 0.225. The Bertz CT molecular complexity index is 917. The Morgan fingerprint density at radius 2 is 1.40 bits per heavy atom. The van der Waals surface area contributed by atoms with Gasteiger partial charge in [0.25, 0.3) is 10.0 Å². The summed E-state index contributed by atoms with van der Waals surface area (Å²) in [6.45, 7) is 6.28. The van der Waals surface area contributed by atoms with Crippen molar-refractivity contribution < 1.29 is 22.0 Å². The van der Waals surface area contributed by atoms with E-state index < -0.39 is 17.6 Å². The van der Waals surface area contributed by atoms with Crippen LogP contribution in [0.15, 0.2) is 53.4 Å². The summed E-state index contributed by atoms with van der Waals surface area (Å²) in [6, 6.07) is 13.7. The summed E-state index contributed by atoms with van der Waals surface area (Å²) >= 11 is 0. The zero-order valence-electron chi connectivity index (χ0n) is 18.0. The van der Waals surface area contributed by atoms with Crippen molar-refractivity contribution in [3.05, 3.63) is 59.7 Å². The summed E-state index contributed by atoms with van der Waals surface area (Å²) in [7, 11) is -6.87. The second-order valence-electron chi connectivity index (χ2n) is 7.01. The molecule has 0 aliphatic carbocycles. The van der Waals surface area contributed by atoms with Gasteiger partial charge in [0.15, 0.2) is 0 Å². The molecule has 0 fully saturated rings. The van der Waals surface area contributed by atoms with Crippen molar-refractivity contribution in [3.63, 3.8) is 0 Å². The first-order valence-electron chi connectivity index (χ1n) is 10.4. The van der Waals surface area contributed by atoms with Gasteiger partial charge in [-0.05, 0) is 62.1 Å². The molecular weight excluding hydrogens is 421 g/mol. The Balaban J connectivity index is 2.04. The lowest BCUT2D eigenvalue weighted by Crippen LogP contribution is -2.13. The van der Waals surface area contributed by atoms with Crippen LogP contribution in [0.2, 0.25) is 0 Å². The maximum Gasteiger partial charge on any atom is 0.335 e. The van der Waals surface area contributed by atoms with E-state index in [9.17, 15) is 13.0 Å². The summed E-state index contributed by atoms with van der Waals surface area (Å²) in [5, 5.41) is 0. The highest BCUT2D eigenvalue weighted by atomic mass is 32.2. The first kappa shape index (κ1) is 24.6. The molecule has 0 unspecified atom stereocenters. The van der Waals surface area contributed by atoms with E-state index in [-0.39, 0.29) is 11.1 Å². The van der Waals surface area contributed by atoms with Gasteiger partial charge in [0.2, 0.25) is 0 Å². The molecule has 0 aromatic heterocycles. The molecule has 166 valence electrons. The second-order valence-corrected chi connectivity index (χ2v) is 10.7. The van der Waals surface area contributed by atoms with E-state index in [0.29, 0.717) is 18.9 Å². The Labute approximate surface area is 180 Å². The minimum Gasteiger partial charge on any atom is -0.309 e. The zero-order valence-corrected chi connectivity index (χ0v) is 19.7. The monoisotopic (exact) mass is 453 g/mol. The van der Waals surface area contributed by atoms with E-state index in [0.717, 1.165) is 30.4 Å². The molecule has 6 nitrogen and oxygen atoms in total. The molecule has 0 bridgehead atoms. The molecule has 0 heterocycles. The van der Waals surface area contributed by atoms with Crippen LogP contribution in [0.25, 0.3) is 0 Å². The van der Waals surface area contributed by atoms with Crippen molar-refractivity contribution in [1.29, 1.82) is 0 Å². The molecule has 0 aliphatic heterocycles. The average Bonchev–Trinajstić information content (AvgIpc) is 2.70. The maximum atomic E-state index is 12.7. The van der Waals surface area contributed by atoms with Gasteiger partial charge >= 0.3 is 7.60 Å². The lowest BCUT2D eigenvalue weighted by Gasteiger charge is -2.17. The third kappa shape index (κ3) is 7.55. The second kappa shape index (κ2) is 11.7. The minimum atomic E-state index is -3.67. The Hall–Kier alpha value is -1.66. The predicted octanol–water partition coefficient (Wildman–Crippen LogP) is 5.99. The largest absolute Gasteiger partial charge is 0.335 e. The van der Waals surface area contributed by atoms with Crippen molar-refractivity contribution in [2.75, 3.05) is 17.9 Å². The van der Waals surface area contributed by atoms with Crippen LogP contribution in [-0.2, 0) is 36.2 Å². The Kier molecular flexibility index (Phi) is 9.56. The van der Waals surface area contributed by atoms with Gasteiger partial charge in [-0.2, -0.15) is 0 Å². The quantitative estimate of drug-likeness (QED) is 0.298. The maximum absolute atomic E-state index is 12.7. The van der Waals surface area contributed by atoms with E-state index in [2.05, 4.69) is 11.6 Å². The van der Waals surface area contributed by atoms with E-state index in [1.165, 1.54) is 6.42 Å². The molecule has 0 amide bonds. The van der Waals surface area contributed by atoms with Crippen LogP contribution < -0.4 is 4.72 Å². The molecule has 30 heavy (non-hydrogen) atoms. The molecule has 2 rings (SSSR count). The van der Waals surface area contributed by atoms with Gasteiger partial charge in [0.05, 0.1) is 24.3 Å². The zero-order chi connectivity index (χ0) is 22.0. The highest BCUT2D eigenvalue weighted by Crippen LogP contribution is 2.51. The number of unbranched alkanes of at least 4 members (excludes halogenated alkanes) is 2. The SMILES string of the molecule is CCCCCc1ccc(S(=O)(=O)Nc2ccc(CP(=O)(OCC)OCC)cc2)cc1. The topological polar surface area (TPSA) is 81.7 Å². The fraction of sp³-hybridized carbons (Fsp3) is 0.455. The number of benzene rings is 2. The standard InChI is InChI=1S/C22H32NO5PS/c1-4-7-8-9-19-12-16-22(17-13-19)30(25,26)23-21-14-10-20(11-15-21)18-29(24,27-5-2)28-6-3/h10-17,23H,4-9,18H2,1-3H3. The number of nitrogens with one attached hydrogen (secondary N) is 1. The van der Waals surface area contributed by atoms with Crippen molar-refractivity contribution in [3.8, 4) is 0 Å². The first-order chi connectivity index (χ1) is 14.3. The lowest BCUT2D eigenvalue weighted by molar-refractivity contribution is 0.219. The molecule has 0 radical (unpaired) electrons. The fourth-order valence-corrected chi connectivity index (χ4v) is 5.81. The molecule has 2 aromatic carbocycles. The van der Waals surface area contributed by atoms with Gasteiger partial charge in [-0.1, -0.05) is 44.0 Å². The summed E-state index contributed by atoms with van der Waals surface area (Å²) in [6.07, 6.45) is 4.52. The van der Waals surface area contributed by atoms with Crippen LogP contribution in [0.4, 0.5) is 5.69 Å². The molecule has 2 aromatic rings. The van der Waals surface area contributed by atoms with E-state index >= 15 is 0 Å². The summed E-state index contributed by atoms with van der Waals surface area (Å²) in [5.41, 5.74) is 2.33. The van der Waals surface area contributed by atoms with Crippen LogP contribution in [0.5, 0.6) is 0 Å². The molecule has 0 atom stereocenters. The first-order valence-corrected chi connectivity index (χ1v) is 13.6. The lowest BCUT2D eigenvalue weighted by atomic mass is 10.1. The van der Waals surface area contributed by atoms with Gasteiger partial charge in [-0.15, -0.1) is 0 Å². The fourth-order valence-electron chi connectivity index (χ4n) is 3.05. The third-order valence-electron chi connectivity index (χ3n) is 4.54. The number of anilines is 1. The number of hydrogen-bond acceptors (Lipinski definition) is 5. The van der Waals surface area contributed by atoms with Crippen molar-refractivity contribution in [1.82, 2.24) is 0 Å². The third-order valence-corrected chi connectivity index (χ3v) is 7.99. The number of hydrogen-bond donors (Lipinski definition) is 1. The van der Waals surface area contributed by atoms with Crippen molar-refractivity contribution in [2.45, 2.75) is 57.5 Å². The van der Waals surface area contributed by atoms with Crippen LogP contribution >= 0.6 is 7.60 Å². The Morgan fingerprint density at radius 1 is 0.833 bits per heavy atom. The molecule has 8 heteroatoms. The van der Waals surface area contributed by atoms with Crippen molar-refractivity contribution in [2.24, 2.45) is 0 Å². The molecule has 0 saturated heterocycles. The number of sulfonamides is 1. The molecule has 0 aliphatic rings. The van der Waals surface area contributed by atoms with E-state index in [1.807, 2.05) is 12.1 Å². The van der Waals surface area contributed by atoms with E-state index in [4.69, 9.17) is 9.05 Å². The smallest absolute Gasteiger partial charge is 0.309 e. The average molecular weight is 454 g/mol. The molecule has 0 spiro atoms. The molecular formula is C22H32NO5PS. The van der Waals surface area contributed by atoms with Gasteiger partial charge < -0.3 is 9.05 Å². The highest BCUT2D eigenvalue weighted by molar-refractivity contribution is 7.92. The predicted molar refractivity (Wildman–Crippen MR) is 121 cm³/mol. The summed E-state index contributed by atoms with van der Waals surface area (Å²) < 4.78 is 51.2. The van der Waals surface area contributed by atoms with Crippen LogP contribution in [-0.4, -0.2) is 21.6 Å². The number of aryl methyl sites for hydroxylation is 1. The number of rotatable bonds is 13. The normalized spacial score (nSPS) is 12.1.